The van der Waals surface area contributed by atoms with Crippen molar-refractivity contribution in [2.24, 2.45) is 5.73 Å². The van der Waals surface area contributed by atoms with Crippen molar-refractivity contribution < 1.29 is 13.2 Å². The third-order valence-electron chi connectivity index (χ3n) is 2.70. The summed E-state index contributed by atoms with van der Waals surface area (Å²) in [4.78, 5) is 4.40. The maximum absolute atomic E-state index is 12.7. The van der Waals surface area contributed by atoms with Gasteiger partial charge < -0.3 is 11.1 Å². The first-order valence-electron chi connectivity index (χ1n) is 5.98. The number of aryl methyl sites for hydroxylation is 1. The molecule has 1 heterocycles. The molecule has 0 saturated heterocycles. The number of anilines is 2. The number of pyridine rings is 1. The highest BCUT2D eigenvalue weighted by Crippen LogP contribution is 2.31. The summed E-state index contributed by atoms with van der Waals surface area (Å²) in [6.07, 6.45) is -4.39. The van der Waals surface area contributed by atoms with Gasteiger partial charge in [0.05, 0.1) is 5.56 Å². The maximum atomic E-state index is 12.7. The second-order valence-corrected chi connectivity index (χ2v) is 4.89. The molecule has 0 bridgehead atoms. The Hall–Kier alpha value is -2.15. The Morgan fingerprint density at radius 3 is 2.57 bits per heavy atom. The molecule has 0 aliphatic rings. The molecule has 0 fully saturated rings. The molecule has 3 N–H and O–H groups in total. The van der Waals surface area contributed by atoms with E-state index in [9.17, 15) is 13.2 Å². The fourth-order valence-electron chi connectivity index (χ4n) is 1.80. The smallest absolute Gasteiger partial charge is 0.389 e. The summed E-state index contributed by atoms with van der Waals surface area (Å²) in [6.45, 7) is 1.75. The topological polar surface area (TPSA) is 50.9 Å². The van der Waals surface area contributed by atoms with Crippen LogP contribution in [0.1, 0.15) is 16.8 Å². The van der Waals surface area contributed by atoms with Gasteiger partial charge in [0.25, 0.3) is 0 Å². The number of hydrogen-bond acceptors (Lipinski definition) is 3. The monoisotopic (exact) mass is 311 g/mol. The molecule has 0 atom stereocenters. The number of rotatable bonds is 3. The fourth-order valence-corrected chi connectivity index (χ4v) is 1.91. The lowest BCUT2D eigenvalue weighted by Crippen LogP contribution is -2.11. The SMILES string of the molecule is Cc1cc(C(N)=S)cc(Nc2cccc(C(F)(F)F)c2)n1. The Morgan fingerprint density at radius 2 is 1.95 bits per heavy atom. The minimum Gasteiger partial charge on any atom is -0.389 e. The zero-order valence-corrected chi connectivity index (χ0v) is 11.8. The molecule has 0 saturated carbocycles. The summed E-state index contributed by atoms with van der Waals surface area (Å²) >= 11 is 4.89. The van der Waals surface area contributed by atoms with Crippen LogP contribution in [0.25, 0.3) is 0 Å². The number of alkyl halides is 3. The molecule has 1 aromatic carbocycles. The highest BCUT2D eigenvalue weighted by molar-refractivity contribution is 7.80. The number of halogens is 3. The first-order valence-corrected chi connectivity index (χ1v) is 6.39. The average Bonchev–Trinajstić information content (AvgIpc) is 2.37. The summed E-state index contributed by atoms with van der Waals surface area (Å²) < 4.78 is 38.0. The number of thiocarbonyl (C=S) groups is 1. The molecule has 0 aliphatic carbocycles. The maximum Gasteiger partial charge on any atom is 0.416 e. The molecule has 0 spiro atoms. The predicted molar refractivity (Wildman–Crippen MR) is 79.6 cm³/mol. The van der Waals surface area contributed by atoms with E-state index in [4.69, 9.17) is 18.0 Å². The third-order valence-corrected chi connectivity index (χ3v) is 2.94. The Bertz CT molecular complexity index is 683. The summed E-state index contributed by atoms with van der Waals surface area (Å²) in [5.41, 5.74) is 6.38. The lowest BCUT2D eigenvalue weighted by Gasteiger charge is -2.11. The Balaban J connectivity index is 2.32. The first-order chi connectivity index (χ1) is 9.75. The van der Waals surface area contributed by atoms with Crippen molar-refractivity contribution in [1.29, 1.82) is 0 Å². The zero-order chi connectivity index (χ0) is 15.6. The van der Waals surface area contributed by atoms with Gasteiger partial charge in [-0.2, -0.15) is 13.2 Å². The minimum atomic E-state index is -4.39. The van der Waals surface area contributed by atoms with Gasteiger partial charge in [0.2, 0.25) is 0 Å². The molecule has 1 aromatic heterocycles. The van der Waals surface area contributed by atoms with Gasteiger partial charge in [0, 0.05) is 16.9 Å². The Morgan fingerprint density at radius 1 is 1.24 bits per heavy atom. The molecule has 2 aromatic rings. The van der Waals surface area contributed by atoms with Crippen LogP contribution in [0, 0.1) is 6.92 Å². The van der Waals surface area contributed by atoms with Crippen molar-refractivity contribution >= 4 is 28.7 Å². The van der Waals surface area contributed by atoms with Crippen molar-refractivity contribution in [3.05, 3.63) is 53.2 Å². The molecule has 21 heavy (non-hydrogen) atoms. The molecule has 7 heteroatoms. The van der Waals surface area contributed by atoms with Crippen LogP contribution in [0.3, 0.4) is 0 Å². The zero-order valence-electron chi connectivity index (χ0n) is 11.0. The highest BCUT2D eigenvalue weighted by Gasteiger charge is 2.30. The summed E-state index contributed by atoms with van der Waals surface area (Å²) in [7, 11) is 0. The molecule has 0 amide bonds. The second kappa shape index (κ2) is 5.69. The van der Waals surface area contributed by atoms with Gasteiger partial charge in [0.15, 0.2) is 0 Å². The van der Waals surface area contributed by atoms with Crippen molar-refractivity contribution in [2.75, 3.05) is 5.32 Å². The normalized spacial score (nSPS) is 11.2. The highest BCUT2D eigenvalue weighted by atomic mass is 32.1. The number of nitrogens with two attached hydrogens (primary N) is 1. The van der Waals surface area contributed by atoms with E-state index in [0.29, 0.717) is 17.1 Å². The van der Waals surface area contributed by atoms with Gasteiger partial charge in [-0.05, 0) is 37.3 Å². The van der Waals surface area contributed by atoms with E-state index < -0.39 is 11.7 Å². The lowest BCUT2D eigenvalue weighted by molar-refractivity contribution is -0.137. The largest absolute Gasteiger partial charge is 0.416 e. The lowest BCUT2D eigenvalue weighted by atomic mass is 10.2. The summed E-state index contributed by atoms with van der Waals surface area (Å²) in [6, 6.07) is 8.18. The molecule has 110 valence electrons. The van der Waals surface area contributed by atoms with Crippen LogP contribution in [-0.4, -0.2) is 9.97 Å². The standard InChI is InChI=1S/C14H12F3N3S/c1-8-5-9(13(18)21)6-12(19-8)20-11-4-2-3-10(7-11)14(15,16)17/h2-7H,1H3,(H2,18,21)(H,19,20). The van der Waals surface area contributed by atoms with Crippen LogP contribution in [0.15, 0.2) is 36.4 Å². The van der Waals surface area contributed by atoms with E-state index in [1.807, 2.05) is 0 Å². The van der Waals surface area contributed by atoms with Crippen molar-refractivity contribution in [1.82, 2.24) is 4.98 Å². The number of hydrogen-bond donors (Lipinski definition) is 2. The van der Waals surface area contributed by atoms with Crippen LogP contribution >= 0.6 is 12.2 Å². The van der Waals surface area contributed by atoms with Crippen molar-refractivity contribution in [3.63, 3.8) is 0 Å². The molecule has 0 aliphatic heterocycles. The van der Waals surface area contributed by atoms with Crippen LogP contribution in [0.4, 0.5) is 24.7 Å². The number of nitrogens with zero attached hydrogens (tertiary/aromatic N) is 1. The van der Waals surface area contributed by atoms with Crippen LogP contribution in [0.5, 0.6) is 0 Å². The first kappa shape index (κ1) is 15.2. The van der Waals surface area contributed by atoms with E-state index in [0.717, 1.165) is 12.1 Å². The molecule has 0 unspecified atom stereocenters. The number of aromatic nitrogens is 1. The molecule has 3 nitrogen and oxygen atoms in total. The van der Waals surface area contributed by atoms with Gasteiger partial charge in [-0.1, -0.05) is 18.3 Å². The summed E-state index contributed by atoms with van der Waals surface area (Å²) in [5.74, 6) is 0.386. The van der Waals surface area contributed by atoms with E-state index in [2.05, 4.69) is 10.3 Å². The van der Waals surface area contributed by atoms with Crippen LogP contribution in [-0.2, 0) is 6.18 Å². The second-order valence-electron chi connectivity index (χ2n) is 4.45. The molecule has 2 rings (SSSR count). The Labute approximate surface area is 125 Å². The van der Waals surface area contributed by atoms with Gasteiger partial charge >= 0.3 is 6.18 Å². The van der Waals surface area contributed by atoms with Gasteiger partial charge in [-0.15, -0.1) is 0 Å². The Kier molecular flexibility index (Phi) is 4.13. The fraction of sp³-hybridized carbons (Fsp3) is 0.143. The number of nitrogens with one attached hydrogen (secondary N) is 1. The van der Waals surface area contributed by atoms with Crippen LogP contribution in [0.2, 0.25) is 0 Å². The van der Waals surface area contributed by atoms with E-state index in [-0.39, 0.29) is 10.7 Å². The van der Waals surface area contributed by atoms with E-state index in [1.165, 1.54) is 12.1 Å². The quantitative estimate of drug-likeness (QED) is 0.847. The van der Waals surface area contributed by atoms with Crippen molar-refractivity contribution in [2.45, 2.75) is 13.1 Å². The van der Waals surface area contributed by atoms with Gasteiger partial charge in [-0.3, -0.25) is 0 Å². The van der Waals surface area contributed by atoms with E-state index >= 15 is 0 Å². The third kappa shape index (κ3) is 3.91. The molecular formula is C14H12F3N3S. The predicted octanol–water partition coefficient (Wildman–Crippen LogP) is 3.79. The number of benzene rings is 1. The minimum absolute atomic E-state index is 0.201. The van der Waals surface area contributed by atoms with Crippen LogP contribution < -0.4 is 11.1 Å². The molecule has 0 radical (unpaired) electrons. The van der Waals surface area contributed by atoms with E-state index in [1.54, 1.807) is 19.1 Å². The van der Waals surface area contributed by atoms with Crippen molar-refractivity contribution in [3.8, 4) is 0 Å². The van der Waals surface area contributed by atoms with Gasteiger partial charge in [-0.25, -0.2) is 4.98 Å². The average molecular weight is 311 g/mol. The van der Waals surface area contributed by atoms with Gasteiger partial charge in [0.1, 0.15) is 10.8 Å². The summed E-state index contributed by atoms with van der Waals surface area (Å²) in [5, 5.41) is 2.83. The molecular weight excluding hydrogens is 299 g/mol.